The highest BCUT2D eigenvalue weighted by atomic mass is 16.2. The van der Waals surface area contributed by atoms with E-state index in [1.54, 1.807) is 11.9 Å². The van der Waals surface area contributed by atoms with Crippen LogP contribution in [0, 0.1) is 23.2 Å². The highest BCUT2D eigenvalue weighted by molar-refractivity contribution is 5.81. The fourth-order valence-corrected chi connectivity index (χ4v) is 1.99. The van der Waals surface area contributed by atoms with Crippen molar-refractivity contribution < 1.29 is 4.79 Å². The molecule has 3 heteroatoms. The van der Waals surface area contributed by atoms with E-state index in [0.29, 0.717) is 18.9 Å². The van der Waals surface area contributed by atoms with Crippen LogP contribution >= 0.6 is 0 Å². The van der Waals surface area contributed by atoms with Crippen molar-refractivity contribution in [1.82, 2.24) is 4.90 Å². The van der Waals surface area contributed by atoms with Gasteiger partial charge in [0.05, 0.1) is 6.07 Å². The lowest BCUT2D eigenvalue weighted by Crippen LogP contribution is -2.36. The summed E-state index contributed by atoms with van der Waals surface area (Å²) >= 11 is 0. The second-order valence-electron chi connectivity index (χ2n) is 5.10. The number of benzene rings is 1. The van der Waals surface area contributed by atoms with Crippen LogP contribution in [0.25, 0.3) is 0 Å². The fourth-order valence-electron chi connectivity index (χ4n) is 1.99. The third kappa shape index (κ3) is 4.75. The molecule has 0 aliphatic heterocycles. The monoisotopic (exact) mass is 258 g/mol. The van der Waals surface area contributed by atoms with Crippen LogP contribution in [-0.2, 0) is 11.2 Å². The molecular formula is C16H22N2O. The quantitative estimate of drug-likeness (QED) is 0.787. The Morgan fingerprint density at radius 2 is 2.00 bits per heavy atom. The first-order valence-electron chi connectivity index (χ1n) is 6.77. The van der Waals surface area contributed by atoms with E-state index in [-0.39, 0.29) is 5.91 Å². The summed E-state index contributed by atoms with van der Waals surface area (Å²) in [6.07, 6.45) is 1.52. The number of carbonyl (C=O) groups excluding carboxylic acids is 1. The summed E-state index contributed by atoms with van der Waals surface area (Å²) in [5, 5.41) is 9.20. The number of carbonyl (C=O) groups is 1. The summed E-state index contributed by atoms with van der Waals surface area (Å²) in [5.74, 6) is -0.201. The maximum absolute atomic E-state index is 12.2. The zero-order chi connectivity index (χ0) is 14.3. The van der Waals surface area contributed by atoms with Crippen LogP contribution in [0.2, 0.25) is 0 Å². The zero-order valence-electron chi connectivity index (χ0n) is 12.0. The number of amides is 1. The minimum Gasteiger partial charge on any atom is -0.344 e. The first-order valence-corrected chi connectivity index (χ1v) is 6.77. The van der Waals surface area contributed by atoms with Gasteiger partial charge < -0.3 is 4.90 Å². The SMILES string of the molecule is CCC(C)CN(C)C(=O)C(C#N)Cc1ccccc1. The van der Waals surface area contributed by atoms with Crippen LogP contribution in [0.4, 0.5) is 0 Å². The smallest absolute Gasteiger partial charge is 0.240 e. The van der Waals surface area contributed by atoms with Crippen molar-refractivity contribution in [3.8, 4) is 6.07 Å². The number of hydrogen-bond donors (Lipinski definition) is 0. The molecule has 0 N–H and O–H groups in total. The van der Waals surface area contributed by atoms with Crippen LogP contribution in [0.15, 0.2) is 30.3 Å². The van der Waals surface area contributed by atoms with Crippen molar-refractivity contribution in [3.63, 3.8) is 0 Å². The first-order chi connectivity index (χ1) is 9.08. The van der Waals surface area contributed by atoms with Crippen LogP contribution in [0.3, 0.4) is 0 Å². The van der Waals surface area contributed by atoms with Gasteiger partial charge in [-0.1, -0.05) is 50.6 Å². The first kappa shape index (κ1) is 15.2. The van der Waals surface area contributed by atoms with Gasteiger partial charge in [-0.25, -0.2) is 0 Å². The largest absolute Gasteiger partial charge is 0.344 e. The maximum atomic E-state index is 12.2. The van der Waals surface area contributed by atoms with Crippen LogP contribution < -0.4 is 0 Å². The van der Waals surface area contributed by atoms with Crippen LogP contribution in [0.1, 0.15) is 25.8 Å². The van der Waals surface area contributed by atoms with Gasteiger partial charge in [0.1, 0.15) is 5.92 Å². The predicted octanol–water partition coefficient (Wildman–Crippen LogP) is 2.87. The van der Waals surface area contributed by atoms with Crippen LogP contribution in [0.5, 0.6) is 0 Å². The molecule has 0 fully saturated rings. The second-order valence-corrected chi connectivity index (χ2v) is 5.10. The maximum Gasteiger partial charge on any atom is 0.240 e. The predicted molar refractivity (Wildman–Crippen MR) is 76.3 cm³/mol. The fraction of sp³-hybridized carbons (Fsp3) is 0.500. The molecule has 0 heterocycles. The summed E-state index contributed by atoms with van der Waals surface area (Å²) in [6.45, 7) is 4.93. The lowest BCUT2D eigenvalue weighted by Gasteiger charge is -2.23. The molecule has 0 aromatic heterocycles. The van der Waals surface area contributed by atoms with Crippen LogP contribution in [-0.4, -0.2) is 24.4 Å². The lowest BCUT2D eigenvalue weighted by molar-refractivity contribution is -0.132. The van der Waals surface area contributed by atoms with Gasteiger partial charge in [0, 0.05) is 13.6 Å². The lowest BCUT2D eigenvalue weighted by atomic mass is 9.99. The Morgan fingerprint density at radius 3 is 2.53 bits per heavy atom. The Balaban J connectivity index is 2.65. The summed E-state index contributed by atoms with van der Waals surface area (Å²) < 4.78 is 0. The van der Waals surface area contributed by atoms with E-state index in [2.05, 4.69) is 19.9 Å². The molecule has 1 aromatic carbocycles. The summed E-state index contributed by atoms with van der Waals surface area (Å²) in [7, 11) is 1.78. The molecule has 19 heavy (non-hydrogen) atoms. The van der Waals surface area contributed by atoms with E-state index in [9.17, 15) is 10.1 Å². The van der Waals surface area contributed by atoms with Gasteiger partial charge in [-0.05, 0) is 17.9 Å². The number of hydrogen-bond acceptors (Lipinski definition) is 2. The van der Waals surface area contributed by atoms with Gasteiger partial charge in [0.25, 0.3) is 0 Å². The van der Waals surface area contributed by atoms with Gasteiger partial charge in [0.2, 0.25) is 5.91 Å². The third-order valence-electron chi connectivity index (χ3n) is 3.40. The van der Waals surface area contributed by atoms with Gasteiger partial charge in [-0.2, -0.15) is 5.26 Å². The molecule has 0 spiro atoms. The molecule has 1 amide bonds. The van der Waals surface area contributed by atoms with E-state index in [0.717, 1.165) is 12.0 Å². The standard InChI is InChI=1S/C16H22N2O/c1-4-13(2)12-18(3)16(19)15(11-17)10-14-8-6-5-7-9-14/h5-9,13,15H,4,10,12H2,1-3H3. The van der Waals surface area contributed by atoms with E-state index in [4.69, 9.17) is 0 Å². The molecule has 0 radical (unpaired) electrons. The topological polar surface area (TPSA) is 44.1 Å². The average molecular weight is 258 g/mol. The molecule has 0 saturated heterocycles. The Bertz CT molecular complexity index is 436. The molecule has 2 atom stereocenters. The summed E-state index contributed by atoms with van der Waals surface area (Å²) in [5.41, 5.74) is 1.03. The summed E-state index contributed by atoms with van der Waals surface area (Å²) in [6, 6.07) is 11.8. The molecule has 3 nitrogen and oxygen atoms in total. The third-order valence-corrected chi connectivity index (χ3v) is 3.40. The minimum absolute atomic E-state index is 0.0772. The Kier molecular flexibility index (Phi) is 6.08. The number of nitrogens with zero attached hydrogens (tertiary/aromatic N) is 2. The molecule has 0 bridgehead atoms. The van der Waals surface area contributed by atoms with Crippen molar-refractivity contribution in [2.45, 2.75) is 26.7 Å². The number of rotatable bonds is 6. The molecular weight excluding hydrogens is 236 g/mol. The van der Waals surface area contributed by atoms with Crippen molar-refractivity contribution in [2.24, 2.45) is 11.8 Å². The van der Waals surface area contributed by atoms with Gasteiger partial charge in [0.15, 0.2) is 0 Å². The molecule has 2 unspecified atom stereocenters. The second kappa shape index (κ2) is 7.58. The van der Waals surface area contributed by atoms with E-state index in [1.165, 1.54) is 0 Å². The zero-order valence-corrected chi connectivity index (χ0v) is 12.0. The Hall–Kier alpha value is -1.82. The Morgan fingerprint density at radius 1 is 1.37 bits per heavy atom. The highest BCUT2D eigenvalue weighted by Crippen LogP contribution is 2.12. The molecule has 102 valence electrons. The van der Waals surface area contributed by atoms with Gasteiger partial charge >= 0.3 is 0 Å². The van der Waals surface area contributed by atoms with Gasteiger partial charge in [-0.15, -0.1) is 0 Å². The number of nitriles is 1. The Labute approximate surface area is 115 Å². The molecule has 1 aromatic rings. The van der Waals surface area contributed by atoms with Crippen molar-refractivity contribution >= 4 is 5.91 Å². The normalized spacial score (nSPS) is 13.4. The van der Waals surface area contributed by atoms with E-state index >= 15 is 0 Å². The van der Waals surface area contributed by atoms with Crippen molar-refractivity contribution in [2.75, 3.05) is 13.6 Å². The minimum atomic E-state index is -0.587. The molecule has 0 aliphatic rings. The molecule has 0 saturated carbocycles. The van der Waals surface area contributed by atoms with Crippen molar-refractivity contribution in [1.29, 1.82) is 5.26 Å². The van der Waals surface area contributed by atoms with E-state index in [1.807, 2.05) is 30.3 Å². The summed E-state index contributed by atoms with van der Waals surface area (Å²) in [4.78, 5) is 13.9. The molecule has 0 aliphatic carbocycles. The van der Waals surface area contributed by atoms with Gasteiger partial charge in [-0.3, -0.25) is 4.79 Å². The molecule has 1 rings (SSSR count). The average Bonchev–Trinajstić information content (AvgIpc) is 2.44. The van der Waals surface area contributed by atoms with Crippen molar-refractivity contribution in [3.05, 3.63) is 35.9 Å². The highest BCUT2D eigenvalue weighted by Gasteiger charge is 2.22. The van der Waals surface area contributed by atoms with E-state index < -0.39 is 5.92 Å².